The first-order chi connectivity index (χ1) is 6.35. The Balaban J connectivity index is 3.08. The molecule has 0 aliphatic heterocycles. The largest absolute Gasteiger partial charge is 0.408 e. The van der Waals surface area contributed by atoms with E-state index < -0.39 is 12.7 Å². The van der Waals surface area contributed by atoms with Crippen molar-refractivity contribution in [1.29, 1.82) is 5.26 Å². The summed E-state index contributed by atoms with van der Waals surface area (Å²) >= 11 is 0. The second kappa shape index (κ2) is 3.33. The van der Waals surface area contributed by atoms with Crippen LogP contribution in [0.25, 0.3) is 0 Å². The highest BCUT2D eigenvalue weighted by atomic mass is 19.4. The van der Waals surface area contributed by atoms with E-state index in [1.165, 1.54) is 13.8 Å². The highest BCUT2D eigenvalue weighted by Crippen LogP contribution is 2.20. The molecule has 0 radical (unpaired) electrons. The number of halogens is 3. The second-order valence-electron chi connectivity index (χ2n) is 2.93. The van der Waals surface area contributed by atoms with Gasteiger partial charge in [-0.2, -0.15) is 23.5 Å². The van der Waals surface area contributed by atoms with Gasteiger partial charge in [0.25, 0.3) is 0 Å². The minimum absolute atomic E-state index is 0.217. The lowest BCUT2D eigenvalue weighted by Crippen LogP contribution is -2.19. The summed E-state index contributed by atoms with van der Waals surface area (Å²) in [5.74, 6) is 0. The van der Waals surface area contributed by atoms with Gasteiger partial charge in [0.1, 0.15) is 12.6 Å². The average molecular weight is 203 g/mol. The van der Waals surface area contributed by atoms with Crippen molar-refractivity contribution in [1.82, 2.24) is 9.78 Å². The molecule has 0 amide bonds. The van der Waals surface area contributed by atoms with Crippen LogP contribution in [0.2, 0.25) is 0 Å². The lowest BCUT2D eigenvalue weighted by atomic mass is 10.2. The van der Waals surface area contributed by atoms with E-state index in [9.17, 15) is 13.2 Å². The number of hydrogen-bond acceptors (Lipinski definition) is 2. The summed E-state index contributed by atoms with van der Waals surface area (Å²) in [6.07, 6.45) is -4.31. The molecule has 0 fully saturated rings. The zero-order valence-corrected chi connectivity index (χ0v) is 7.68. The van der Waals surface area contributed by atoms with E-state index >= 15 is 0 Å². The number of nitrogens with zero attached hydrogens (tertiary/aromatic N) is 3. The summed E-state index contributed by atoms with van der Waals surface area (Å²) in [6, 6.07) is 1.82. The van der Waals surface area contributed by atoms with Gasteiger partial charge in [0.15, 0.2) is 0 Å². The van der Waals surface area contributed by atoms with E-state index in [0.29, 0.717) is 5.69 Å². The third-order valence-electron chi connectivity index (χ3n) is 1.82. The van der Waals surface area contributed by atoms with E-state index in [2.05, 4.69) is 5.10 Å². The van der Waals surface area contributed by atoms with Crippen molar-refractivity contribution in [3.63, 3.8) is 0 Å². The third-order valence-corrected chi connectivity index (χ3v) is 1.82. The summed E-state index contributed by atoms with van der Waals surface area (Å²) in [5, 5.41) is 12.3. The van der Waals surface area contributed by atoms with Crippen LogP contribution in [0.4, 0.5) is 13.2 Å². The Labute approximate surface area is 78.8 Å². The molecule has 0 bridgehead atoms. The van der Waals surface area contributed by atoms with Crippen molar-refractivity contribution in [2.45, 2.75) is 26.6 Å². The molecule has 1 heterocycles. The smallest absolute Gasteiger partial charge is 0.259 e. The van der Waals surface area contributed by atoms with Gasteiger partial charge in [-0.3, -0.25) is 4.68 Å². The van der Waals surface area contributed by atoms with Crippen LogP contribution >= 0.6 is 0 Å². The monoisotopic (exact) mass is 203 g/mol. The van der Waals surface area contributed by atoms with Crippen molar-refractivity contribution >= 4 is 0 Å². The number of alkyl halides is 3. The van der Waals surface area contributed by atoms with E-state index in [-0.39, 0.29) is 11.3 Å². The molecule has 0 saturated heterocycles. The molecule has 0 saturated carbocycles. The number of rotatable bonds is 1. The minimum Gasteiger partial charge on any atom is -0.259 e. The standard InChI is InChI=1S/C8H8F3N3/c1-5-7(3-12)6(2)14(13-5)4-8(9,10)11/h4H2,1-2H3. The Bertz CT molecular complexity index is 384. The molecule has 1 aromatic rings. The van der Waals surface area contributed by atoms with Gasteiger partial charge in [-0.25, -0.2) is 0 Å². The highest BCUT2D eigenvalue weighted by Gasteiger charge is 2.30. The van der Waals surface area contributed by atoms with Crippen LogP contribution < -0.4 is 0 Å². The zero-order chi connectivity index (χ0) is 10.9. The third kappa shape index (κ3) is 2.05. The fraction of sp³-hybridized carbons (Fsp3) is 0.500. The molecule has 0 N–H and O–H groups in total. The van der Waals surface area contributed by atoms with Gasteiger partial charge >= 0.3 is 6.18 Å². The van der Waals surface area contributed by atoms with Gasteiger partial charge in [0, 0.05) is 0 Å². The van der Waals surface area contributed by atoms with Crippen LogP contribution in [0.15, 0.2) is 0 Å². The summed E-state index contributed by atoms with van der Waals surface area (Å²) < 4.78 is 36.9. The summed E-state index contributed by atoms with van der Waals surface area (Å²) in [7, 11) is 0. The number of aromatic nitrogens is 2. The topological polar surface area (TPSA) is 41.6 Å². The first kappa shape index (κ1) is 10.6. The highest BCUT2D eigenvalue weighted by molar-refractivity contribution is 5.36. The summed E-state index contributed by atoms with van der Waals surface area (Å²) in [5.41, 5.74) is 0.797. The fourth-order valence-corrected chi connectivity index (χ4v) is 1.18. The number of nitriles is 1. The Hall–Kier alpha value is -1.51. The minimum atomic E-state index is -4.31. The molecule has 0 spiro atoms. The van der Waals surface area contributed by atoms with Gasteiger partial charge in [-0.15, -0.1) is 0 Å². The molecule has 0 aromatic carbocycles. The van der Waals surface area contributed by atoms with E-state index in [4.69, 9.17) is 5.26 Å². The SMILES string of the molecule is Cc1nn(CC(F)(F)F)c(C)c1C#N. The predicted molar refractivity (Wildman–Crippen MR) is 42.5 cm³/mol. The van der Waals surface area contributed by atoms with Crippen molar-refractivity contribution in [2.24, 2.45) is 0 Å². The second-order valence-corrected chi connectivity index (χ2v) is 2.93. The van der Waals surface area contributed by atoms with Crippen molar-refractivity contribution in [3.05, 3.63) is 17.0 Å². The molecule has 0 unspecified atom stereocenters. The molecular formula is C8H8F3N3. The maximum Gasteiger partial charge on any atom is 0.408 e. The summed E-state index contributed by atoms with van der Waals surface area (Å²) in [6.45, 7) is 1.81. The van der Waals surface area contributed by atoms with Crippen LogP contribution in [-0.2, 0) is 6.54 Å². The van der Waals surface area contributed by atoms with Crippen LogP contribution in [-0.4, -0.2) is 16.0 Å². The van der Waals surface area contributed by atoms with Crippen LogP contribution in [0.1, 0.15) is 17.0 Å². The molecule has 14 heavy (non-hydrogen) atoms. The van der Waals surface area contributed by atoms with Crippen molar-refractivity contribution in [2.75, 3.05) is 0 Å². The Morgan fingerprint density at radius 2 is 2.00 bits per heavy atom. The number of hydrogen-bond donors (Lipinski definition) is 0. The van der Waals surface area contributed by atoms with Gasteiger partial charge in [-0.05, 0) is 13.8 Å². The van der Waals surface area contributed by atoms with Crippen LogP contribution in [0.5, 0.6) is 0 Å². The molecule has 1 aromatic heterocycles. The molecule has 0 aliphatic rings. The maximum absolute atomic E-state index is 12.0. The van der Waals surface area contributed by atoms with Crippen LogP contribution in [0, 0.1) is 25.2 Å². The van der Waals surface area contributed by atoms with Crippen molar-refractivity contribution in [3.8, 4) is 6.07 Å². The molecule has 0 aliphatic carbocycles. The maximum atomic E-state index is 12.0. The molecule has 76 valence electrons. The van der Waals surface area contributed by atoms with E-state index in [1.807, 2.05) is 6.07 Å². The first-order valence-corrected chi connectivity index (χ1v) is 3.86. The predicted octanol–water partition coefficient (Wildman–Crippen LogP) is 1.93. The van der Waals surface area contributed by atoms with Gasteiger partial charge in [0.2, 0.25) is 0 Å². The lowest BCUT2D eigenvalue weighted by Gasteiger charge is -2.07. The first-order valence-electron chi connectivity index (χ1n) is 3.86. The molecule has 1 rings (SSSR count). The normalized spacial score (nSPS) is 11.4. The Morgan fingerprint density at radius 1 is 1.43 bits per heavy atom. The Kier molecular flexibility index (Phi) is 2.51. The van der Waals surface area contributed by atoms with E-state index in [1.54, 1.807) is 0 Å². The van der Waals surface area contributed by atoms with E-state index in [0.717, 1.165) is 4.68 Å². The van der Waals surface area contributed by atoms with Gasteiger partial charge < -0.3 is 0 Å². The van der Waals surface area contributed by atoms with Crippen molar-refractivity contribution < 1.29 is 13.2 Å². The van der Waals surface area contributed by atoms with Gasteiger partial charge in [-0.1, -0.05) is 0 Å². The Morgan fingerprint density at radius 3 is 2.36 bits per heavy atom. The zero-order valence-electron chi connectivity index (χ0n) is 7.68. The quantitative estimate of drug-likeness (QED) is 0.699. The molecule has 0 atom stereocenters. The van der Waals surface area contributed by atoms with Gasteiger partial charge in [0.05, 0.1) is 17.0 Å². The lowest BCUT2D eigenvalue weighted by molar-refractivity contribution is -0.142. The molecular weight excluding hydrogens is 195 g/mol. The average Bonchev–Trinajstić information content (AvgIpc) is 2.24. The van der Waals surface area contributed by atoms with Crippen LogP contribution in [0.3, 0.4) is 0 Å². The number of aryl methyl sites for hydroxylation is 1. The molecule has 3 nitrogen and oxygen atoms in total. The fourth-order valence-electron chi connectivity index (χ4n) is 1.18. The summed E-state index contributed by atoms with van der Waals surface area (Å²) in [4.78, 5) is 0. The molecule has 6 heteroatoms.